The van der Waals surface area contributed by atoms with Gasteiger partial charge in [0.25, 0.3) is 0 Å². The predicted molar refractivity (Wildman–Crippen MR) is 152 cm³/mol. The maximum absolute atomic E-state index is 15.0. The lowest BCUT2D eigenvalue weighted by atomic mass is 10.0. The number of rotatable bonds is 7. The number of nitrogens with zero attached hydrogens (tertiary/aromatic N) is 3. The molecule has 9 heteroatoms. The highest BCUT2D eigenvalue weighted by atomic mass is 19.1. The van der Waals surface area contributed by atoms with Crippen LogP contribution in [0.3, 0.4) is 0 Å². The second-order valence-electron chi connectivity index (χ2n) is 11.2. The van der Waals surface area contributed by atoms with Gasteiger partial charge in [0, 0.05) is 41.7 Å². The largest absolute Gasteiger partial charge is 0.437 e. The highest BCUT2D eigenvalue weighted by molar-refractivity contribution is 6.06. The average molecular weight is 539 g/mol. The van der Waals surface area contributed by atoms with Gasteiger partial charge in [-0.1, -0.05) is 12.1 Å². The maximum Gasteiger partial charge on any atom is 0.228 e. The first kappa shape index (κ1) is 24.9. The Kier molecular flexibility index (Phi) is 6.11. The van der Waals surface area contributed by atoms with Gasteiger partial charge < -0.3 is 20.7 Å². The summed E-state index contributed by atoms with van der Waals surface area (Å²) in [4.78, 5) is 26.6. The van der Waals surface area contributed by atoms with Crippen LogP contribution in [-0.2, 0) is 4.79 Å². The number of fused-ring (bicyclic) bond motifs is 1. The minimum atomic E-state index is -0.464. The van der Waals surface area contributed by atoms with Crippen molar-refractivity contribution in [3.8, 4) is 22.9 Å². The van der Waals surface area contributed by atoms with Gasteiger partial charge in [-0.3, -0.25) is 4.79 Å². The zero-order valence-electron chi connectivity index (χ0n) is 22.3. The van der Waals surface area contributed by atoms with E-state index in [0.29, 0.717) is 39.6 Å². The van der Waals surface area contributed by atoms with Crippen molar-refractivity contribution in [2.75, 3.05) is 23.7 Å². The molecule has 0 radical (unpaired) electrons. The van der Waals surface area contributed by atoms with Crippen molar-refractivity contribution in [1.29, 1.82) is 0 Å². The van der Waals surface area contributed by atoms with Gasteiger partial charge in [-0.2, -0.15) is 0 Å². The van der Waals surface area contributed by atoms with Crippen molar-refractivity contribution < 1.29 is 13.9 Å². The lowest BCUT2D eigenvalue weighted by Gasteiger charge is -2.23. The summed E-state index contributed by atoms with van der Waals surface area (Å²) in [6.07, 6.45) is 8.65. The summed E-state index contributed by atoms with van der Waals surface area (Å²) >= 11 is 0. The highest BCUT2D eigenvalue weighted by Gasteiger charge is 2.65. The van der Waals surface area contributed by atoms with E-state index in [1.165, 1.54) is 6.07 Å². The van der Waals surface area contributed by atoms with Crippen LogP contribution in [0, 0.1) is 24.1 Å². The molecule has 2 aromatic carbocycles. The molecule has 4 aromatic rings. The third kappa shape index (κ3) is 4.64. The number of carbonyl (C=O) groups excluding carboxylic acids is 1. The molecule has 1 spiro atoms. The Morgan fingerprint density at radius 2 is 1.98 bits per heavy atom. The van der Waals surface area contributed by atoms with Gasteiger partial charge in [0.1, 0.15) is 11.6 Å². The van der Waals surface area contributed by atoms with Crippen LogP contribution in [0.4, 0.5) is 16.0 Å². The van der Waals surface area contributed by atoms with Gasteiger partial charge in [0.2, 0.25) is 17.7 Å². The van der Waals surface area contributed by atoms with E-state index in [-0.39, 0.29) is 29.0 Å². The Morgan fingerprint density at radius 1 is 1.10 bits per heavy atom. The summed E-state index contributed by atoms with van der Waals surface area (Å²) in [5.41, 5.74) is 2.64. The monoisotopic (exact) mass is 538 g/mol. The number of anilines is 2. The number of pyridine rings is 1. The maximum atomic E-state index is 15.0. The minimum absolute atomic E-state index is 0.0129. The quantitative estimate of drug-likeness (QED) is 0.272. The van der Waals surface area contributed by atoms with Crippen LogP contribution in [0.2, 0.25) is 0 Å². The molecule has 1 unspecified atom stereocenters. The Morgan fingerprint density at radius 3 is 2.77 bits per heavy atom. The first-order valence-corrected chi connectivity index (χ1v) is 14.0. The third-order valence-corrected chi connectivity index (χ3v) is 8.48. The lowest BCUT2D eigenvalue weighted by Crippen LogP contribution is -2.38. The summed E-state index contributed by atoms with van der Waals surface area (Å²) in [6.45, 7) is 3.84. The van der Waals surface area contributed by atoms with E-state index in [2.05, 4.69) is 25.9 Å². The van der Waals surface area contributed by atoms with Crippen molar-refractivity contribution >= 4 is 28.3 Å². The van der Waals surface area contributed by atoms with Crippen molar-refractivity contribution in [3.63, 3.8) is 0 Å². The fraction of sp³-hybridized carbons (Fsp3) is 0.355. The van der Waals surface area contributed by atoms with Crippen molar-refractivity contribution in [2.24, 2.45) is 11.3 Å². The molecule has 3 heterocycles. The van der Waals surface area contributed by atoms with Crippen LogP contribution >= 0.6 is 0 Å². The van der Waals surface area contributed by atoms with Gasteiger partial charge in [-0.05, 0) is 86.9 Å². The molecule has 1 aliphatic heterocycles. The van der Waals surface area contributed by atoms with E-state index in [0.717, 1.165) is 50.8 Å². The number of nitrogens with one attached hydrogen (secondary N) is 3. The molecule has 8 nitrogen and oxygen atoms in total. The molecule has 204 valence electrons. The standard InChI is InChI=1S/C31H31FN6O2/c1-18-6-7-20-21(8-9-24(32)26(20)38-28(39)23-16-31(23)11-12-31)27(18)40-29-22(5-3-14-34-29)25-10-15-35-30(37-25)36-19-4-2-13-33-17-19/h3,5-10,14-15,19,23,33H,2,4,11-13,16-17H2,1H3,(H,38,39)(H,35,36,37)/t19-,23?/m0/s1. The number of hydrogen-bond donors (Lipinski definition) is 3. The van der Waals surface area contributed by atoms with Gasteiger partial charge in [-0.25, -0.2) is 19.3 Å². The zero-order valence-corrected chi connectivity index (χ0v) is 22.3. The van der Waals surface area contributed by atoms with Crippen LogP contribution in [0.1, 0.15) is 37.7 Å². The van der Waals surface area contributed by atoms with E-state index in [9.17, 15) is 4.79 Å². The van der Waals surface area contributed by atoms with E-state index in [1.54, 1.807) is 18.5 Å². The molecule has 0 bridgehead atoms. The number of piperidine rings is 1. The van der Waals surface area contributed by atoms with E-state index >= 15 is 4.39 Å². The normalized spacial score (nSPS) is 20.8. The molecule has 1 amide bonds. The number of amides is 1. The van der Waals surface area contributed by atoms with Crippen LogP contribution in [0.25, 0.3) is 22.0 Å². The number of aryl methyl sites for hydroxylation is 1. The summed E-state index contributed by atoms with van der Waals surface area (Å²) < 4.78 is 21.5. The molecule has 2 aromatic heterocycles. The summed E-state index contributed by atoms with van der Waals surface area (Å²) in [7, 11) is 0. The van der Waals surface area contributed by atoms with Crippen LogP contribution in [0.15, 0.2) is 54.9 Å². The average Bonchev–Trinajstić information content (AvgIpc) is 3.91. The molecule has 40 heavy (non-hydrogen) atoms. The summed E-state index contributed by atoms with van der Waals surface area (Å²) in [5, 5.41) is 11.0. The Labute approximate surface area is 231 Å². The van der Waals surface area contributed by atoms with Crippen LogP contribution in [0.5, 0.6) is 11.6 Å². The predicted octanol–water partition coefficient (Wildman–Crippen LogP) is 5.83. The molecule has 1 saturated heterocycles. The molecule has 3 N–H and O–H groups in total. The number of halogens is 1. The topological polar surface area (TPSA) is 101 Å². The van der Waals surface area contributed by atoms with E-state index in [4.69, 9.17) is 9.72 Å². The second-order valence-corrected chi connectivity index (χ2v) is 11.2. The van der Waals surface area contributed by atoms with Gasteiger partial charge in [0.15, 0.2) is 0 Å². The molecule has 3 aliphatic rings. The molecule has 2 aliphatic carbocycles. The summed E-state index contributed by atoms with van der Waals surface area (Å²) in [6, 6.07) is 12.6. The number of hydrogen-bond acceptors (Lipinski definition) is 7. The van der Waals surface area contributed by atoms with Gasteiger partial charge >= 0.3 is 0 Å². The fourth-order valence-electron chi connectivity index (χ4n) is 5.86. The van der Waals surface area contributed by atoms with Crippen molar-refractivity contribution in [3.05, 3.63) is 66.2 Å². The molecular formula is C31H31FN6O2. The SMILES string of the molecule is Cc1ccc2c(NC(=O)C3CC34CC4)c(F)ccc2c1Oc1ncccc1-c1ccnc(N[C@H]2CCCNC2)n1. The molecule has 2 atom stereocenters. The summed E-state index contributed by atoms with van der Waals surface area (Å²) in [5.74, 6) is 0.914. The smallest absolute Gasteiger partial charge is 0.228 e. The number of carbonyl (C=O) groups is 1. The van der Waals surface area contributed by atoms with Gasteiger partial charge in [-0.15, -0.1) is 0 Å². The molecular weight excluding hydrogens is 507 g/mol. The number of aromatic nitrogens is 3. The number of benzene rings is 2. The van der Waals surface area contributed by atoms with E-state index < -0.39 is 5.82 Å². The first-order chi connectivity index (χ1) is 19.5. The molecule has 7 rings (SSSR count). The van der Waals surface area contributed by atoms with Crippen LogP contribution in [-0.4, -0.2) is 40.0 Å². The Hall–Kier alpha value is -4.11. The number of ether oxygens (including phenoxy) is 1. The fourth-order valence-corrected chi connectivity index (χ4v) is 5.86. The van der Waals surface area contributed by atoms with Gasteiger partial charge in [0.05, 0.1) is 16.9 Å². The zero-order chi connectivity index (χ0) is 27.3. The Balaban J connectivity index is 1.20. The third-order valence-electron chi connectivity index (χ3n) is 8.48. The van der Waals surface area contributed by atoms with Crippen LogP contribution < -0.4 is 20.7 Å². The highest BCUT2D eigenvalue weighted by Crippen LogP contribution is 2.70. The first-order valence-electron chi connectivity index (χ1n) is 14.0. The Bertz CT molecular complexity index is 1620. The van der Waals surface area contributed by atoms with E-state index in [1.807, 2.05) is 37.3 Å². The minimum Gasteiger partial charge on any atom is -0.437 e. The molecule has 2 saturated carbocycles. The molecule has 3 fully saturated rings. The van der Waals surface area contributed by atoms with Crippen molar-refractivity contribution in [2.45, 2.75) is 45.1 Å². The van der Waals surface area contributed by atoms with Crippen molar-refractivity contribution in [1.82, 2.24) is 20.3 Å². The lowest BCUT2D eigenvalue weighted by molar-refractivity contribution is -0.117. The second kappa shape index (κ2) is 9.82.